The van der Waals surface area contributed by atoms with Crippen molar-refractivity contribution >= 4 is 11.9 Å². The quantitative estimate of drug-likeness (QED) is 0.938. The van der Waals surface area contributed by atoms with Crippen molar-refractivity contribution in [3.8, 4) is 11.1 Å². The molecule has 0 radical (unpaired) electrons. The Hall–Kier alpha value is -2.62. The van der Waals surface area contributed by atoms with Crippen LogP contribution in [0.3, 0.4) is 0 Å². The maximum Gasteiger partial charge on any atom is 0.408 e. The standard InChI is InChI=1S/C19H19NO3/c1-13-4-2-3-5-16(13)15-8-6-14(7-9-15)12-23-19(22)20-17-10-11-18(17)21/h2-9,17H,10-12H2,1H3,(H,20,22)/t17-/m0/s1. The third-order valence-electron chi connectivity index (χ3n) is 4.14. The van der Waals surface area contributed by atoms with Gasteiger partial charge in [0.05, 0.1) is 6.04 Å². The van der Waals surface area contributed by atoms with Gasteiger partial charge >= 0.3 is 6.09 Å². The van der Waals surface area contributed by atoms with Crippen molar-refractivity contribution in [3.05, 3.63) is 59.7 Å². The summed E-state index contributed by atoms with van der Waals surface area (Å²) < 4.78 is 5.15. The topological polar surface area (TPSA) is 55.4 Å². The van der Waals surface area contributed by atoms with Crippen molar-refractivity contribution in [2.45, 2.75) is 32.4 Å². The van der Waals surface area contributed by atoms with Crippen molar-refractivity contribution in [2.24, 2.45) is 0 Å². The Bertz CT molecular complexity index is 722. The first-order chi connectivity index (χ1) is 11.1. The first-order valence-corrected chi connectivity index (χ1v) is 7.74. The van der Waals surface area contributed by atoms with E-state index in [4.69, 9.17) is 4.74 Å². The van der Waals surface area contributed by atoms with Crippen LogP contribution in [0, 0.1) is 6.92 Å². The van der Waals surface area contributed by atoms with Crippen molar-refractivity contribution in [1.82, 2.24) is 5.32 Å². The lowest BCUT2D eigenvalue weighted by molar-refractivity contribution is -0.126. The predicted octanol–water partition coefficient (Wildman–Crippen LogP) is 3.62. The molecule has 0 saturated heterocycles. The second-order valence-electron chi connectivity index (χ2n) is 5.79. The highest BCUT2D eigenvalue weighted by Gasteiger charge is 2.29. The third-order valence-corrected chi connectivity index (χ3v) is 4.14. The number of amides is 1. The number of Topliss-reactive ketones (excluding diaryl/α,β-unsaturated/α-hetero) is 1. The molecule has 0 aromatic heterocycles. The minimum absolute atomic E-state index is 0.0736. The fraction of sp³-hybridized carbons (Fsp3) is 0.263. The van der Waals surface area contributed by atoms with Crippen LogP contribution >= 0.6 is 0 Å². The van der Waals surface area contributed by atoms with Gasteiger partial charge in [-0.15, -0.1) is 0 Å². The molecule has 0 spiro atoms. The van der Waals surface area contributed by atoms with E-state index in [9.17, 15) is 9.59 Å². The summed E-state index contributed by atoms with van der Waals surface area (Å²) in [7, 11) is 0. The summed E-state index contributed by atoms with van der Waals surface area (Å²) in [5, 5.41) is 2.57. The van der Waals surface area contributed by atoms with Gasteiger partial charge in [0.1, 0.15) is 6.61 Å². The first-order valence-electron chi connectivity index (χ1n) is 7.74. The number of ether oxygens (including phenoxy) is 1. The molecule has 3 rings (SSSR count). The number of nitrogens with one attached hydrogen (secondary N) is 1. The Morgan fingerprint density at radius 1 is 1.17 bits per heavy atom. The van der Waals surface area contributed by atoms with Crippen LogP contribution in [-0.2, 0) is 16.1 Å². The van der Waals surface area contributed by atoms with Crippen LogP contribution in [0.25, 0.3) is 11.1 Å². The molecule has 0 heterocycles. The average molecular weight is 309 g/mol. The van der Waals surface area contributed by atoms with E-state index in [0.29, 0.717) is 12.8 Å². The van der Waals surface area contributed by atoms with Crippen LogP contribution in [0.4, 0.5) is 4.79 Å². The zero-order chi connectivity index (χ0) is 16.2. The van der Waals surface area contributed by atoms with Crippen LogP contribution in [0.1, 0.15) is 24.0 Å². The lowest BCUT2D eigenvalue weighted by Crippen LogP contribution is -2.47. The maximum atomic E-state index is 11.6. The summed E-state index contributed by atoms with van der Waals surface area (Å²) in [5.74, 6) is 0.0736. The van der Waals surface area contributed by atoms with Crippen molar-refractivity contribution in [1.29, 1.82) is 0 Å². The molecule has 1 saturated carbocycles. The molecule has 1 N–H and O–H groups in total. The second-order valence-corrected chi connectivity index (χ2v) is 5.79. The van der Waals surface area contributed by atoms with E-state index in [2.05, 4.69) is 24.4 Å². The summed E-state index contributed by atoms with van der Waals surface area (Å²) in [4.78, 5) is 22.8. The number of ketones is 1. The molecule has 4 heteroatoms. The summed E-state index contributed by atoms with van der Waals surface area (Å²) in [6, 6.07) is 15.8. The third kappa shape index (κ3) is 3.59. The maximum absolute atomic E-state index is 11.6. The van der Waals surface area contributed by atoms with E-state index in [0.717, 1.165) is 11.1 Å². The van der Waals surface area contributed by atoms with E-state index >= 15 is 0 Å². The highest BCUT2D eigenvalue weighted by Crippen LogP contribution is 2.23. The highest BCUT2D eigenvalue weighted by atomic mass is 16.5. The molecule has 0 aliphatic heterocycles. The van der Waals surface area contributed by atoms with E-state index in [-0.39, 0.29) is 18.4 Å². The zero-order valence-electron chi connectivity index (χ0n) is 13.0. The Kier molecular flexibility index (Phi) is 4.42. The van der Waals surface area contributed by atoms with Gasteiger partial charge in [0.15, 0.2) is 5.78 Å². The highest BCUT2D eigenvalue weighted by molar-refractivity contribution is 5.92. The van der Waals surface area contributed by atoms with Gasteiger partial charge in [0.25, 0.3) is 0 Å². The van der Waals surface area contributed by atoms with E-state index in [1.165, 1.54) is 11.1 Å². The lowest BCUT2D eigenvalue weighted by Gasteiger charge is -2.24. The minimum atomic E-state index is -0.536. The van der Waals surface area contributed by atoms with Crippen molar-refractivity contribution in [2.75, 3.05) is 0 Å². The van der Waals surface area contributed by atoms with Gasteiger partial charge in [0.2, 0.25) is 0 Å². The molecule has 0 unspecified atom stereocenters. The van der Waals surface area contributed by atoms with E-state index < -0.39 is 6.09 Å². The number of carbonyl (C=O) groups is 2. The van der Waals surface area contributed by atoms with Gasteiger partial charge in [-0.2, -0.15) is 0 Å². The average Bonchev–Trinajstić information content (AvgIpc) is 2.57. The van der Waals surface area contributed by atoms with Gasteiger partial charge in [-0.1, -0.05) is 48.5 Å². The second kappa shape index (κ2) is 6.65. The number of rotatable bonds is 4. The Morgan fingerprint density at radius 3 is 2.52 bits per heavy atom. The molecule has 2 aromatic carbocycles. The Balaban J connectivity index is 1.56. The molecule has 2 aromatic rings. The van der Waals surface area contributed by atoms with Gasteiger partial charge in [0, 0.05) is 6.42 Å². The normalized spacial score (nSPS) is 16.6. The molecular formula is C19H19NO3. The lowest BCUT2D eigenvalue weighted by atomic mass is 9.91. The number of hydrogen-bond donors (Lipinski definition) is 1. The van der Waals surface area contributed by atoms with Gasteiger partial charge in [-0.3, -0.25) is 4.79 Å². The monoisotopic (exact) mass is 309 g/mol. The fourth-order valence-corrected chi connectivity index (χ4v) is 2.57. The van der Waals surface area contributed by atoms with Crippen molar-refractivity contribution < 1.29 is 14.3 Å². The largest absolute Gasteiger partial charge is 0.445 e. The molecule has 0 bridgehead atoms. The summed E-state index contributed by atoms with van der Waals surface area (Å²) in [6.45, 7) is 2.28. The summed E-state index contributed by atoms with van der Waals surface area (Å²) in [6.07, 6.45) is 0.718. The fourth-order valence-electron chi connectivity index (χ4n) is 2.57. The van der Waals surface area contributed by atoms with E-state index in [1.807, 2.05) is 36.4 Å². The Labute approximate surface area is 135 Å². The molecule has 23 heavy (non-hydrogen) atoms. The molecule has 1 amide bonds. The van der Waals surface area contributed by atoms with Crippen LogP contribution in [0.5, 0.6) is 0 Å². The SMILES string of the molecule is Cc1ccccc1-c1ccc(COC(=O)N[C@H]2CCC2=O)cc1. The molecule has 4 nitrogen and oxygen atoms in total. The number of hydrogen-bond acceptors (Lipinski definition) is 3. The number of alkyl carbamates (subject to hydrolysis) is 1. The van der Waals surface area contributed by atoms with Crippen LogP contribution < -0.4 is 5.32 Å². The van der Waals surface area contributed by atoms with Crippen LogP contribution in [0.2, 0.25) is 0 Å². The number of carbonyl (C=O) groups excluding carboxylic acids is 2. The molecule has 1 aliphatic rings. The molecule has 1 fully saturated rings. The van der Waals surface area contributed by atoms with Gasteiger partial charge < -0.3 is 10.1 Å². The van der Waals surface area contributed by atoms with E-state index in [1.54, 1.807) is 0 Å². The number of aryl methyl sites for hydroxylation is 1. The van der Waals surface area contributed by atoms with Gasteiger partial charge in [-0.05, 0) is 35.6 Å². The molecular weight excluding hydrogens is 290 g/mol. The van der Waals surface area contributed by atoms with Crippen molar-refractivity contribution in [3.63, 3.8) is 0 Å². The summed E-state index contributed by atoms with van der Waals surface area (Å²) in [5.41, 5.74) is 4.47. The zero-order valence-corrected chi connectivity index (χ0v) is 13.0. The smallest absolute Gasteiger partial charge is 0.408 e. The van der Waals surface area contributed by atoms with Crippen LogP contribution in [-0.4, -0.2) is 17.9 Å². The number of benzene rings is 2. The first kappa shape index (κ1) is 15.3. The molecule has 1 aliphatic carbocycles. The molecule has 118 valence electrons. The molecule has 1 atom stereocenters. The predicted molar refractivity (Wildman–Crippen MR) is 88.0 cm³/mol. The minimum Gasteiger partial charge on any atom is -0.445 e. The van der Waals surface area contributed by atoms with Gasteiger partial charge in [-0.25, -0.2) is 4.79 Å². The summed E-state index contributed by atoms with van der Waals surface area (Å²) >= 11 is 0. The Morgan fingerprint density at radius 2 is 1.91 bits per heavy atom. The van der Waals surface area contributed by atoms with Crippen LogP contribution in [0.15, 0.2) is 48.5 Å².